The molecule has 0 spiro atoms. The predicted octanol–water partition coefficient (Wildman–Crippen LogP) is 3.68. The van der Waals surface area contributed by atoms with Gasteiger partial charge in [0.15, 0.2) is 0 Å². The van der Waals surface area contributed by atoms with Crippen LogP contribution in [-0.4, -0.2) is 12.2 Å². The molecule has 0 saturated heterocycles. The first-order valence-corrected chi connectivity index (χ1v) is 5.56. The van der Waals surface area contributed by atoms with Crippen molar-refractivity contribution in [3.05, 3.63) is 47.5 Å². The standard InChI is InChI=1S/C15H16O2/c1-10-9-15(17-3)11(2)8-14(10)12-4-6-13(16)7-5-12/h4-9,16H,1-3H3. The van der Waals surface area contributed by atoms with E-state index in [9.17, 15) is 5.11 Å². The first kappa shape index (κ1) is 11.5. The van der Waals surface area contributed by atoms with Crippen molar-refractivity contribution in [2.45, 2.75) is 13.8 Å². The van der Waals surface area contributed by atoms with Crippen molar-refractivity contribution in [2.24, 2.45) is 0 Å². The smallest absolute Gasteiger partial charge is 0.122 e. The van der Waals surface area contributed by atoms with E-state index in [1.807, 2.05) is 25.1 Å². The van der Waals surface area contributed by atoms with Gasteiger partial charge < -0.3 is 9.84 Å². The van der Waals surface area contributed by atoms with Gasteiger partial charge in [-0.1, -0.05) is 12.1 Å². The fourth-order valence-corrected chi connectivity index (χ4v) is 1.96. The lowest BCUT2D eigenvalue weighted by molar-refractivity contribution is 0.411. The molecule has 0 saturated carbocycles. The number of aryl methyl sites for hydroxylation is 2. The van der Waals surface area contributed by atoms with E-state index in [1.54, 1.807) is 19.2 Å². The predicted molar refractivity (Wildman–Crippen MR) is 69.6 cm³/mol. The summed E-state index contributed by atoms with van der Waals surface area (Å²) in [6.07, 6.45) is 0. The summed E-state index contributed by atoms with van der Waals surface area (Å²) in [5.74, 6) is 1.20. The van der Waals surface area contributed by atoms with E-state index in [-0.39, 0.29) is 5.75 Å². The third-order valence-corrected chi connectivity index (χ3v) is 2.92. The van der Waals surface area contributed by atoms with Crippen LogP contribution in [-0.2, 0) is 0 Å². The van der Waals surface area contributed by atoms with Crippen LogP contribution in [0.15, 0.2) is 36.4 Å². The topological polar surface area (TPSA) is 29.5 Å². The van der Waals surface area contributed by atoms with Gasteiger partial charge in [0.25, 0.3) is 0 Å². The van der Waals surface area contributed by atoms with Gasteiger partial charge in [-0.15, -0.1) is 0 Å². The lowest BCUT2D eigenvalue weighted by Crippen LogP contribution is -1.91. The maximum Gasteiger partial charge on any atom is 0.122 e. The Morgan fingerprint density at radius 3 is 2.18 bits per heavy atom. The number of rotatable bonds is 2. The minimum Gasteiger partial charge on any atom is -0.508 e. The summed E-state index contributed by atoms with van der Waals surface area (Å²) in [7, 11) is 1.68. The highest BCUT2D eigenvalue weighted by Gasteiger charge is 2.06. The van der Waals surface area contributed by atoms with Gasteiger partial charge in [0.1, 0.15) is 11.5 Å². The molecule has 1 N–H and O–H groups in total. The number of ether oxygens (including phenoxy) is 1. The second-order valence-electron chi connectivity index (χ2n) is 4.18. The normalized spacial score (nSPS) is 10.3. The van der Waals surface area contributed by atoms with E-state index in [0.29, 0.717) is 0 Å². The molecule has 88 valence electrons. The van der Waals surface area contributed by atoms with Crippen LogP contribution in [0.5, 0.6) is 11.5 Å². The van der Waals surface area contributed by atoms with Crippen molar-refractivity contribution in [3.63, 3.8) is 0 Å². The highest BCUT2D eigenvalue weighted by Crippen LogP contribution is 2.30. The molecule has 0 unspecified atom stereocenters. The minimum absolute atomic E-state index is 0.289. The van der Waals surface area contributed by atoms with Crippen LogP contribution in [0, 0.1) is 13.8 Å². The average Bonchev–Trinajstić information content (AvgIpc) is 2.33. The number of hydrogen-bond donors (Lipinski definition) is 1. The van der Waals surface area contributed by atoms with Gasteiger partial charge in [0.05, 0.1) is 7.11 Å². The Bertz CT molecular complexity index is 527. The highest BCUT2D eigenvalue weighted by molar-refractivity contribution is 5.70. The molecule has 0 radical (unpaired) electrons. The van der Waals surface area contributed by atoms with Crippen molar-refractivity contribution < 1.29 is 9.84 Å². The number of methoxy groups -OCH3 is 1. The molecule has 0 atom stereocenters. The quantitative estimate of drug-likeness (QED) is 0.849. The molecule has 0 aliphatic rings. The van der Waals surface area contributed by atoms with Crippen molar-refractivity contribution in [1.82, 2.24) is 0 Å². The molecule has 2 heteroatoms. The molecule has 17 heavy (non-hydrogen) atoms. The fraction of sp³-hybridized carbons (Fsp3) is 0.200. The van der Waals surface area contributed by atoms with E-state index in [4.69, 9.17) is 4.74 Å². The van der Waals surface area contributed by atoms with Crippen molar-refractivity contribution >= 4 is 0 Å². The molecule has 0 aliphatic carbocycles. The van der Waals surface area contributed by atoms with Crippen LogP contribution in [0.25, 0.3) is 11.1 Å². The Hall–Kier alpha value is -1.96. The van der Waals surface area contributed by atoms with Crippen LogP contribution < -0.4 is 4.74 Å². The van der Waals surface area contributed by atoms with Crippen molar-refractivity contribution in [3.8, 4) is 22.6 Å². The Balaban J connectivity index is 2.52. The molecular formula is C15H16O2. The number of aromatic hydroxyl groups is 1. The first-order chi connectivity index (χ1) is 8.11. The Morgan fingerprint density at radius 2 is 1.59 bits per heavy atom. The summed E-state index contributed by atoms with van der Waals surface area (Å²) in [4.78, 5) is 0. The summed E-state index contributed by atoms with van der Waals surface area (Å²) in [6.45, 7) is 4.09. The zero-order valence-corrected chi connectivity index (χ0v) is 10.3. The lowest BCUT2D eigenvalue weighted by Gasteiger charge is -2.11. The highest BCUT2D eigenvalue weighted by atomic mass is 16.5. The summed E-state index contributed by atoms with van der Waals surface area (Å²) < 4.78 is 5.30. The van der Waals surface area contributed by atoms with Crippen molar-refractivity contribution in [2.75, 3.05) is 7.11 Å². The lowest BCUT2D eigenvalue weighted by atomic mass is 9.98. The first-order valence-electron chi connectivity index (χ1n) is 5.56. The zero-order chi connectivity index (χ0) is 12.4. The summed E-state index contributed by atoms with van der Waals surface area (Å²) in [6, 6.07) is 11.4. The van der Waals surface area contributed by atoms with Gasteiger partial charge in [-0.2, -0.15) is 0 Å². The Morgan fingerprint density at radius 1 is 0.941 bits per heavy atom. The van der Waals surface area contributed by atoms with E-state index >= 15 is 0 Å². The maximum absolute atomic E-state index is 9.29. The fourth-order valence-electron chi connectivity index (χ4n) is 1.96. The molecule has 0 bridgehead atoms. The average molecular weight is 228 g/mol. The number of benzene rings is 2. The van der Waals surface area contributed by atoms with Gasteiger partial charge >= 0.3 is 0 Å². The van der Waals surface area contributed by atoms with Gasteiger partial charge in [0.2, 0.25) is 0 Å². The van der Waals surface area contributed by atoms with E-state index in [1.165, 1.54) is 5.56 Å². The summed E-state index contributed by atoms with van der Waals surface area (Å²) in [5, 5.41) is 9.29. The molecule has 0 aromatic heterocycles. The van der Waals surface area contributed by atoms with E-state index in [2.05, 4.69) is 13.0 Å². The SMILES string of the molecule is COc1cc(C)c(-c2ccc(O)cc2)cc1C. The molecule has 2 aromatic rings. The van der Waals surface area contributed by atoms with Gasteiger partial charge in [0, 0.05) is 0 Å². The van der Waals surface area contributed by atoms with Crippen LogP contribution in [0.3, 0.4) is 0 Å². The molecule has 0 fully saturated rings. The van der Waals surface area contributed by atoms with E-state index in [0.717, 1.165) is 22.4 Å². The van der Waals surface area contributed by atoms with Crippen molar-refractivity contribution in [1.29, 1.82) is 0 Å². The molecule has 2 aromatic carbocycles. The molecular weight excluding hydrogens is 212 g/mol. The van der Waals surface area contributed by atoms with Gasteiger partial charge in [-0.3, -0.25) is 0 Å². The third kappa shape index (κ3) is 2.26. The monoisotopic (exact) mass is 228 g/mol. The Kier molecular flexibility index (Phi) is 3.05. The number of phenolic OH excluding ortho intramolecular Hbond substituents is 1. The molecule has 0 amide bonds. The molecule has 0 aliphatic heterocycles. The van der Waals surface area contributed by atoms with Gasteiger partial charge in [-0.25, -0.2) is 0 Å². The van der Waals surface area contributed by atoms with Crippen LogP contribution in [0.1, 0.15) is 11.1 Å². The maximum atomic E-state index is 9.29. The largest absolute Gasteiger partial charge is 0.508 e. The van der Waals surface area contributed by atoms with E-state index < -0.39 is 0 Å². The summed E-state index contributed by atoms with van der Waals surface area (Å²) in [5.41, 5.74) is 4.55. The Labute approximate surface area is 101 Å². The number of hydrogen-bond acceptors (Lipinski definition) is 2. The summed E-state index contributed by atoms with van der Waals surface area (Å²) >= 11 is 0. The second kappa shape index (κ2) is 4.50. The van der Waals surface area contributed by atoms with Crippen LogP contribution in [0.2, 0.25) is 0 Å². The second-order valence-corrected chi connectivity index (χ2v) is 4.18. The van der Waals surface area contributed by atoms with Gasteiger partial charge in [-0.05, 0) is 60.4 Å². The zero-order valence-electron chi connectivity index (χ0n) is 10.3. The molecule has 2 rings (SSSR count). The molecule has 0 heterocycles. The third-order valence-electron chi connectivity index (χ3n) is 2.92. The minimum atomic E-state index is 0.289. The van der Waals surface area contributed by atoms with Crippen LogP contribution in [0.4, 0.5) is 0 Å². The van der Waals surface area contributed by atoms with Crippen LogP contribution >= 0.6 is 0 Å². The molecule has 2 nitrogen and oxygen atoms in total. The number of phenols is 1.